The minimum absolute atomic E-state index is 0.251. The second-order valence-electron chi connectivity index (χ2n) is 6.28. The monoisotopic (exact) mass is 248 g/mol. The molecule has 2 N–H and O–H groups in total. The summed E-state index contributed by atoms with van der Waals surface area (Å²) in [4.78, 5) is 11.3. The maximum absolute atomic E-state index is 11.3. The van der Waals surface area contributed by atoms with E-state index < -0.39 is 17.5 Å². The first-order valence-corrected chi connectivity index (χ1v) is 6.29. The van der Waals surface area contributed by atoms with Crippen molar-refractivity contribution in [3.05, 3.63) is 35.4 Å². The summed E-state index contributed by atoms with van der Waals surface area (Å²) < 4.78 is 0. The summed E-state index contributed by atoms with van der Waals surface area (Å²) >= 11 is 0. The van der Waals surface area contributed by atoms with Gasteiger partial charge < -0.3 is 10.2 Å². The van der Waals surface area contributed by atoms with E-state index in [4.69, 9.17) is 0 Å². The van der Waals surface area contributed by atoms with Gasteiger partial charge in [0, 0.05) is 0 Å². The fourth-order valence-electron chi connectivity index (χ4n) is 2.26. The molecule has 3 heteroatoms. The lowest BCUT2D eigenvalue weighted by atomic mass is 9.83. The lowest BCUT2D eigenvalue weighted by Crippen LogP contribution is -2.21. The standard InChI is InChI=1S/C15H20O3/c1-14(2,3)12(16)10-5-4-6-11(9-10)15(7-8-15)13(17)18/h4-6,9,12,16H,7-8H2,1-3H3,(H,17,18). The molecule has 0 aliphatic heterocycles. The van der Waals surface area contributed by atoms with E-state index in [-0.39, 0.29) is 5.41 Å². The van der Waals surface area contributed by atoms with Crippen LogP contribution in [0.25, 0.3) is 0 Å². The first-order chi connectivity index (χ1) is 8.27. The van der Waals surface area contributed by atoms with Crippen LogP contribution in [0.4, 0.5) is 0 Å². The molecule has 1 saturated carbocycles. The van der Waals surface area contributed by atoms with Crippen LogP contribution in [0.3, 0.4) is 0 Å². The maximum atomic E-state index is 11.3. The number of carbonyl (C=O) groups is 1. The minimum Gasteiger partial charge on any atom is -0.481 e. The van der Waals surface area contributed by atoms with Gasteiger partial charge in [0.2, 0.25) is 0 Å². The van der Waals surface area contributed by atoms with Gasteiger partial charge in [-0.3, -0.25) is 4.79 Å². The quantitative estimate of drug-likeness (QED) is 0.864. The van der Waals surface area contributed by atoms with Crippen molar-refractivity contribution in [2.24, 2.45) is 5.41 Å². The van der Waals surface area contributed by atoms with E-state index in [1.165, 1.54) is 0 Å². The highest BCUT2D eigenvalue weighted by Gasteiger charge is 2.51. The molecule has 1 unspecified atom stereocenters. The van der Waals surface area contributed by atoms with E-state index in [1.807, 2.05) is 45.0 Å². The van der Waals surface area contributed by atoms with Gasteiger partial charge >= 0.3 is 5.97 Å². The van der Waals surface area contributed by atoms with E-state index in [1.54, 1.807) is 0 Å². The largest absolute Gasteiger partial charge is 0.481 e. The molecule has 2 rings (SSSR count). The zero-order valence-electron chi connectivity index (χ0n) is 11.1. The van der Waals surface area contributed by atoms with Crippen molar-refractivity contribution in [1.82, 2.24) is 0 Å². The third-order valence-corrected chi connectivity index (χ3v) is 3.73. The molecule has 0 spiro atoms. The fourth-order valence-corrected chi connectivity index (χ4v) is 2.26. The van der Waals surface area contributed by atoms with Crippen LogP contribution < -0.4 is 0 Å². The van der Waals surface area contributed by atoms with Gasteiger partial charge in [-0.1, -0.05) is 45.0 Å². The third kappa shape index (κ3) is 2.15. The number of carboxylic acids is 1. The molecule has 0 heterocycles. The first-order valence-electron chi connectivity index (χ1n) is 6.29. The van der Waals surface area contributed by atoms with Crippen molar-refractivity contribution in [3.63, 3.8) is 0 Å². The number of hydrogen-bond acceptors (Lipinski definition) is 2. The highest BCUT2D eigenvalue weighted by atomic mass is 16.4. The average Bonchev–Trinajstić information content (AvgIpc) is 3.08. The topological polar surface area (TPSA) is 57.5 Å². The average molecular weight is 248 g/mol. The summed E-state index contributed by atoms with van der Waals surface area (Å²) in [7, 11) is 0. The Labute approximate surface area is 107 Å². The summed E-state index contributed by atoms with van der Waals surface area (Å²) in [6, 6.07) is 7.39. The van der Waals surface area contributed by atoms with Crippen LogP contribution in [0, 0.1) is 5.41 Å². The Morgan fingerprint density at radius 3 is 2.39 bits per heavy atom. The number of aliphatic carboxylic acids is 1. The smallest absolute Gasteiger partial charge is 0.314 e. The van der Waals surface area contributed by atoms with Crippen LogP contribution in [0.1, 0.15) is 50.8 Å². The molecule has 0 aromatic heterocycles. The molecule has 1 aromatic rings. The van der Waals surface area contributed by atoms with Crippen molar-refractivity contribution < 1.29 is 15.0 Å². The predicted octanol–water partition coefficient (Wildman–Crippen LogP) is 2.88. The lowest BCUT2D eigenvalue weighted by molar-refractivity contribution is -0.140. The molecule has 0 bridgehead atoms. The fraction of sp³-hybridized carbons (Fsp3) is 0.533. The number of benzene rings is 1. The Hall–Kier alpha value is -1.35. The molecular weight excluding hydrogens is 228 g/mol. The Bertz CT molecular complexity index is 467. The zero-order valence-corrected chi connectivity index (χ0v) is 11.1. The molecule has 1 aliphatic rings. The summed E-state index contributed by atoms with van der Waals surface area (Å²) in [5.74, 6) is -0.759. The number of aliphatic hydroxyl groups excluding tert-OH is 1. The maximum Gasteiger partial charge on any atom is 0.314 e. The van der Waals surface area contributed by atoms with Crippen molar-refractivity contribution >= 4 is 5.97 Å². The summed E-state index contributed by atoms with van der Waals surface area (Å²) in [5.41, 5.74) is 0.662. The molecule has 1 atom stereocenters. The molecular formula is C15H20O3. The van der Waals surface area contributed by atoms with Crippen LogP contribution in [0.2, 0.25) is 0 Å². The highest BCUT2D eigenvalue weighted by Crippen LogP contribution is 2.49. The molecule has 1 aromatic carbocycles. The van der Waals surface area contributed by atoms with Crippen LogP contribution in [-0.2, 0) is 10.2 Å². The van der Waals surface area contributed by atoms with Gasteiger partial charge in [-0.25, -0.2) is 0 Å². The molecule has 0 amide bonds. The Morgan fingerprint density at radius 2 is 1.94 bits per heavy atom. The van der Waals surface area contributed by atoms with Gasteiger partial charge in [0.15, 0.2) is 0 Å². The first kappa shape index (κ1) is 13.1. The van der Waals surface area contributed by atoms with Crippen LogP contribution in [0.15, 0.2) is 24.3 Å². The van der Waals surface area contributed by atoms with Crippen molar-refractivity contribution in [3.8, 4) is 0 Å². The van der Waals surface area contributed by atoms with E-state index in [9.17, 15) is 15.0 Å². The normalized spacial score (nSPS) is 19.3. The van der Waals surface area contributed by atoms with E-state index in [0.717, 1.165) is 11.1 Å². The van der Waals surface area contributed by atoms with E-state index in [2.05, 4.69) is 0 Å². The number of carboxylic acid groups (broad SMARTS) is 1. The van der Waals surface area contributed by atoms with Crippen LogP contribution in [0.5, 0.6) is 0 Å². The number of aliphatic hydroxyl groups is 1. The number of rotatable bonds is 3. The Kier molecular flexibility index (Phi) is 2.98. The Morgan fingerprint density at radius 1 is 1.33 bits per heavy atom. The van der Waals surface area contributed by atoms with Gasteiger partial charge in [-0.05, 0) is 29.4 Å². The number of hydrogen-bond donors (Lipinski definition) is 2. The molecule has 1 fully saturated rings. The van der Waals surface area contributed by atoms with Crippen molar-refractivity contribution in [2.45, 2.75) is 45.1 Å². The van der Waals surface area contributed by atoms with Crippen LogP contribution in [-0.4, -0.2) is 16.2 Å². The van der Waals surface area contributed by atoms with Gasteiger partial charge in [0.05, 0.1) is 11.5 Å². The zero-order chi connectivity index (χ0) is 13.6. The SMILES string of the molecule is CC(C)(C)C(O)c1cccc(C2(C(=O)O)CC2)c1. The van der Waals surface area contributed by atoms with Gasteiger partial charge in [-0.15, -0.1) is 0 Å². The van der Waals surface area contributed by atoms with Crippen LogP contribution >= 0.6 is 0 Å². The van der Waals surface area contributed by atoms with Crippen molar-refractivity contribution in [1.29, 1.82) is 0 Å². The van der Waals surface area contributed by atoms with Crippen molar-refractivity contribution in [2.75, 3.05) is 0 Å². The Balaban J connectivity index is 2.35. The van der Waals surface area contributed by atoms with E-state index >= 15 is 0 Å². The highest BCUT2D eigenvalue weighted by molar-refractivity contribution is 5.84. The molecule has 1 aliphatic carbocycles. The summed E-state index contributed by atoms with van der Waals surface area (Å²) in [6.45, 7) is 5.90. The molecule has 18 heavy (non-hydrogen) atoms. The summed E-state index contributed by atoms with van der Waals surface area (Å²) in [5, 5.41) is 19.5. The molecule has 3 nitrogen and oxygen atoms in total. The van der Waals surface area contributed by atoms with Gasteiger partial charge in [0.1, 0.15) is 0 Å². The van der Waals surface area contributed by atoms with Gasteiger partial charge in [-0.2, -0.15) is 0 Å². The minimum atomic E-state index is -0.759. The molecule has 98 valence electrons. The predicted molar refractivity (Wildman–Crippen MR) is 69.4 cm³/mol. The molecule has 0 radical (unpaired) electrons. The second kappa shape index (κ2) is 4.09. The van der Waals surface area contributed by atoms with E-state index in [0.29, 0.717) is 12.8 Å². The second-order valence-corrected chi connectivity index (χ2v) is 6.28. The van der Waals surface area contributed by atoms with Gasteiger partial charge in [0.25, 0.3) is 0 Å². The molecule has 0 saturated heterocycles. The summed E-state index contributed by atoms with van der Waals surface area (Å²) in [6.07, 6.45) is 0.802. The lowest BCUT2D eigenvalue weighted by Gasteiger charge is -2.27. The third-order valence-electron chi connectivity index (χ3n) is 3.73.